The summed E-state index contributed by atoms with van der Waals surface area (Å²) < 4.78 is 0. The topological polar surface area (TPSA) is 346 Å². The number of allylic oxidation sites excluding steroid dienone is 2. The number of primary amides is 2. The van der Waals surface area contributed by atoms with Crippen molar-refractivity contribution in [3.63, 3.8) is 0 Å². The van der Waals surface area contributed by atoms with Gasteiger partial charge in [-0.05, 0) is 79.8 Å². The van der Waals surface area contributed by atoms with E-state index >= 15 is 0 Å². The lowest BCUT2D eigenvalue weighted by atomic mass is 9.87. The Morgan fingerprint density at radius 2 is 1.59 bits per heavy atom. The lowest BCUT2D eigenvalue weighted by Crippen LogP contribution is -2.61. The highest BCUT2D eigenvalue weighted by molar-refractivity contribution is 8.76. The molecule has 24 heteroatoms. The second-order valence-electron chi connectivity index (χ2n) is 20.1. The molecule has 75 heavy (non-hydrogen) atoms. The van der Waals surface area contributed by atoms with Crippen molar-refractivity contribution in [2.24, 2.45) is 35.1 Å². The Labute approximate surface area is 445 Å². The molecule has 3 heterocycles. The molecule has 14 N–H and O–H groups in total. The van der Waals surface area contributed by atoms with Crippen LogP contribution >= 0.6 is 21.6 Å². The van der Waals surface area contributed by atoms with E-state index in [1.165, 1.54) is 38.6 Å². The molecule has 3 aliphatic heterocycles. The molecular weight excluding hydrogens is 1010 g/mol. The number of aliphatic hydroxyl groups excluding tert-OH is 1. The average Bonchev–Trinajstić information content (AvgIpc) is 4.03. The fraction of sp³-hybridized carbons (Fsp3) is 0.588. The van der Waals surface area contributed by atoms with Gasteiger partial charge in [0.25, 0.3) is 0 Å². The van der Waals surface area contributed by atoms with E-state index in [1.807, 2.05) is 38.2 Å². The first-order valence-electron chi connectivity index (χ1n) is 25.6. The molecule has 0 spiro atoms. The van der Waals surface area contributed by atoms with Crippen molar-refractivity contribution in [3.8, 4) is 5.75 Å². The summed E-state index contributed by atoms with van der Waals surface area (Å²) in [7, 11) is 2.48. The van der Waals surface area contributed by atoms with Crippen molar-refractivity contribution < 1.29 is 53.4 Å². The number of nitrogens with one attached hydrogen (secondary N) is 8. The predicted octanol–water partition coefficient (Wildman–Crippen LogP) is -0.395. The Kier molecular flexibility index (Phi) is 22.9. The highest BCUT2D eigenvalue weighted by Crippen LogP contribution is 2.31. The molecule has 1 aromatic carbocycles. The number of amides is 9. The summed E-state index contributed by atoms with van der Waals surface area (Å²) >= 11 is 0. The van der Waals surface area contributed by atoms with Crippen LogP contribution in [-0.2, 0) is 49.6 Å². The first-order valence-corrected chi connectivity index (χ1v) is 28.1. The van der Waals surface area contributed by atoms with E-state index in [9.17, 15) is 53.4 Å². The number of carbonyl (C=O) groups is 9. The van der Waals surface area contributed by atoms with Gasteiger partial charge in [-0.1, -0.05) is 99.1 Å². The molecule has 2 saturated heterocycles. The smallest absolute Gasteiger partial charge is 0.244 e. The van der Waals surface area contributed by atoms with Gasteiger partial charge in [0.05, 0.1) is 18.6 Å². The number of nitrogens with zero attached hydrogens (tertiary/aromatic N) is 1. The maximum Gasteiger partial charge on any atom is 0.244 e. The summed E-state index contributed by atoms with van der Waals surface area (Å²) in [6.45, 7) is 8.79. The summed E-state index contributed by atoms with van der Waals surface area (Å²) in [4.78, 5) is 125. The van der Waals surface area contributed by atoms with Crippen LogP contribution < -0.4 is 54.0 Å². The Balaban J connectivity index is 1.43. The van der Waals surface area contributed by atoms with Crippen LogP contribution in [0.5, 0.6) is 5.75 Å². The normalized spacial score (nSPS) is 26.4. The van der Waals surface area contributed by atoms with E-state index in [4.69, 9.17) is 11.5 Å². The highest BCUT2D eigenvalue weighted by Gasteiger charge is 2.40. The SMILES string of the molecule is CCC(C)[C@H](NC(=O)[C@H](CC1=CNC2C=CC=CC12)NC(=O)[C@@H]1CSSC[C@H](C)C(=O)N2CCC[C@H]2C(=O)N[C@@H](Cc2ccc(O)cc2)[C@@H](O)NCC(=O)N[C@@H](CC(C)C)C(=O)N1)C(=O)N[C@@H](CCC(N)=O)C(N)=O. The number of nitrogens with two attached hydrogens (primary N) is 2. The van der Waals surface area contributed by atoms with Gasteiger partial charge in [-0.15, -0.1) is 0 Å². The minimum absolute atomic E-state index is 0.0235. The van der Waals surface area contributed by atoms with Gasteiger partial charge in [0.2, 0.25) is 53.2 Å². The third kappa shape index (κ3) is 17.7. The molecule has 4 aliphatic rings. The molecule has 9 amide bonds. The molecule has 412 valence electrons. The van der Waals surface area contributed by atoms with Gasteiger partial charge < -0.3 is 63.8 Å². The van der Waals surface area contributed by atoms with Crippen molar-refractivity contribution in [2.75, 3.05) is 24.6 Å². The lowest BCUT2D eigenvalue weighted by molar-refractivity contribution is -0.141. The Morgan fingerprint density at radius 1 is 0.880 bits per heavy atom. The second kappa shape index (κ2) is 28.7. The first kappa shape index (κ1) is 59.8. The molecule has 3 unspecified atom stereocenters. The molecule has 1 aliphatic carbocycles. The molecule has 22 nitrogen and oxygen atoms in total. The van der Waals surface area contributed by atoms with Crippen LogP contribution in [0.3, 0.4) is 0 Å². The Bertz CT molecular complexity index is 2320. The molecule has 2 fully saturated rings. The van der Waals surface area contributed by atoms with E-state index in [2.05, 4.69) is 42.5 Å². The number of benzene rings is 1. The molecule has 0 radical (unpaired) electrons. The lowest BCUT2D eigenvalue weighted by Gasteiger charge is -2.31. The Morgan fingerprint density at radius 3 is 2.27 bits per heavy atom. The summed E-state index contributed by atoms with van der Waals surface area (Å²) in [5.41, 5.74) is 12.3. The molecule has 12 atom stereocenters. The largest absolute Gasteiger partial charge is 0.508 e. The van der Waals surface area contributed by atoms with E-state index in [0.717, 1.165) is 5.57 Å². The minimum atomic E-state index is -1.49. The monoisotopic (exact) mass is 1080 g/mol. The zero-order valence-electron chi connectivity index (χ0n) is 43.2. The van der Waals surface area contributed by atoms with Crippen LogP contribution in [-0.4, -0.2) is 147 Å². The van der Waals surface area contributed by atoms with Gasteiger partial charge in [-0.25, -0.2) is 0 Å². The summed E-state index contributed by atoms with van der Waals surface area (Å²) in [6.07, 6.45) is 9.12. The number of rotatable bonds is 18. The number of carbonyl (C=O) groups excluding carboxylic acids is 9. The van der Waals surface area contributed by atoms with Crippen molar-refractivity contribution in [1.29, 1.82) is 0 Å². The van der Waals surface area contributed by atoms with Gasteiger partial charge in [0.15, 0.2) is 0 Å². The van der Waals surface area contributed by atoms with Gasteiger partial charge in [0.1, 0.15) is 48.2 Å². The molecule has 5 rings (SSSR count). The van der Waals surface area contributed by atoms with Crippen LogP contribution in [0.4, 0.5) is 0 Å². The third-order valence-electron chi connectivity index (χ3n) is 13.7. The first-order chi connectivity index (χ1) is 35.6. The van der Waals surface area contributed by atoms with Crippen molar-refractivity contribution in [2.45, 2.75) is 141 Å². The van der Waals surface area contributed by atoms with Crippen LogP contribution in [0.1, 0.15) is 85.1 Å². The quantitative estimate of drug-likeness (QED) is 0.0833. The number of aliphatic hydroxyl groups is 1. The number of aromatic hydroxyl groups is 1. The van der Waals surface area contributed by atoms with E-state index in [1.54, 1.807) is 39.1 Å². The van der Waals surface area contributed by atoms with Gasteiger partial charge in [0, 0.05) is 36.3 Å². The maximum absolute atomic E-state index is 14.8. The summed E-state index contributed by atoms with van der Waals surface area (Å²) in [6, 6.07) is -2.05. The van der Waals surface area contributed by atoms with Gasteiger partial charge >= 0.3 is 0 Å². The minimum Gasteiger partial charge on any atom is -0.508 e. The number of hydrogen-bond donors (Lipinski definition) is 12. The second-order valence-corrected chi connectivity index (χ2v) is 22.6. The number of fused-ring (bicyclic) bond motifs is 2. The average molecular weight is 1080 g/mol. The number of phenolic OH excluding ortho intramolecular Hbond substituents is 1. The van der Waals surface area contributed by atoms with Crippen LogP contribution in [0.2, 0.25) is 0 Å². The molecular formula is C51H75N11O11S2. The van der Waals surface area contributed by atoms with E-state index in [0.29, 0.717) is 31.4 Å². The summed E-state index contributed by atoms with van der Waals surface area (Å²) in [5, 5.41) is 44.0. The van der Waals surface area contributed by atoms with Crippen LogP contribution in [0.15, 0.2) is 60.3 Å². The predicted molar refractivity (Wildman–Crippen MR) is 284 cm³/mol. The van der Waals surface area contributed by atoms with Crippen LogP contribution in [0.25, 0.3) is 0 Å². The van der Waals surface area contributed by atoms with Gasteiger partial charge in [-0.2, -0.15) is 0 Å². The summed E-state index contributed by atoms with van der Waals surface area (Å²) in [5.74, 6) is -7.19. The number of phenols is 1. The standard InChI is InChI=1S/C51H75N11O11S2/c1-6-28(4)43(50(72)57-35(44(53)66)17-18-41(52)64)61-47(69)38(22-31-23-54-34-11-8-7-10-33(31)34)58-48(70)39-26-75-74-25-29(5)51(73)62-19-9-12-40(62)49(71)59-37(21-30-13-15-32(63)16-14-30)45(67)55-24-42(65)56-36(20-27(2)3)46(68)60-39/h7-8,10-11,13-16,23,27-29,33-40,43,45,54-55,63,67H,6,9,12,17-22,24-26H2,1-5H3,(H2,52,64)(H2,53,66)(H,56,65)(H,57,72)(H,58,70)(H,59,71)(H,60,68)(H,61,69)/t28?,29-,33?,34?,35-,36-,37-,38-,39-,40-,43-,45+/m0/s1. The van der Waals surface area contributed by atoms with Crippen LogP contribution in [0, 0.1) is 23.7 Å². The maximum atomic E-state index is 14.8. The fourth-order valence-corrected chi connectivity index (χ4v) is 11.7. The molecule has 0 bridgehead atoms. The van der Waals surface area contributed by atoms with Crippen molar-refractivity contribution in [3.05, 3.63) is 65.9 Å². The van der Waals surface area contributed by atoms with E-state index < -0.39 is 114 Å². The molecule has 0 saturated carbocycles. The van der Waals surface area contributed by atoms with Crippen molar-refractivity contribution in [1.82, 2.24) is 47.4 Å². The zero-order chi connectivity index (χ0) is 54.9. The number of hydrogen-bond acceptors (Lipinski definition) is 15. The van der Waals surface area contributed by atoms with Gasteiger partial charge in [-0.3, -0.25) is 48.5 Å². The van der Waals surface area contributed by atoms with E-state index in [-0.39, 0.29) is 73.1 Å². The fourth-order valence-electron chi connectivity index (χ4n) is 9.20. The zero-order valence-corrected chi connectivity index (χ0v) is 44.8. The highest BCUT2D eigenvalue weighted by atomic mass is 33.1. The van der Waals surface area contributed by atoms with Crippen molar-refractivity contribution >= 4 is 74.8 Å². The molecule has 0 aromatic heterocycles. The third-order valence-corrected chi connectivity index (χ3v) is 16.3. The molecule has 1 aromatic rings. The Hall–Kier alpha value is -6.11.